The van der Waals surface area contributed by atoms with Crippen molar-refractivity contribution in [3.63, 3.8) is 0 Å². The molecule has 16 atom stereocenters. The quantitative estimate of drug-likeness (QED) is 0.0585. The Kier molecular flexibility index (Phi) is 25.7. The number of allylic oxidation sites excluding steroid dienone is 6. The first-order valence-corrected chi connectivity index (χ1v) is 29.0. The molecule has 17 nitrogen and oxygen atoms in total. The number of ether oxygens (including phenoxy) is 6. The Morgan fingerprint density at radius 3 is 2.27 bits per heavy atom. The Balaban J connectivity index is 1.67. The summed E-state index contributed by atoms with van der Waals surface area (Å²) in [5.41, 5.74) is 1.24. The molecule has 4 rings (SSSR count). The van der Waals surface area contributed by atoms with E-state index in [0.29, 0.717) is 76.4 Å². The van der Waals surface area contributed by atoms with Crippen molar-refractivity contribution in [2.75, 3.05) is 54.4 Å². The Morgan fingerprint density at radius 1 is 0.865 bits per heavy atom. The van der Waals surface area contributed by atoms with E-state index in [2.05, 4.69) is 0 Å². The first-order valence-electron chi connectivity index (χ1n) is 27.0. The van der Waals surface area contributed by atoms with Crippen LogP contribution in [0, 0.1) is 35.5 Å². The maximum absolute atomic E-state index is 14.6. The van der Waals surface area contributed by atoms with E-state index in [4.69, 9.17) is 37.5 Å². The second kappa shape index (κ2) is 30.1. The van der Waals surface area contributed by atoms with Crippen molar-refractivity contribution in [3.05, 3.63) is 47.6 Å². The summed E-state index contributed by atoms with van der Waals surface area (Å²) < 4.78 is 60.0. The third-order valence-electron chi connectivity index (χ3n) is 15.5. The summed E-state index contributed by atoms with van der Waals surface area (Å²) >= 11 is 0. The predicted molar refractivity (Wildman–Crippen MR) is 280 cm³/mol. The number of methoxy groups -OCH3 is 3. The minimum Gasteiger partial charge on any atom is -0.460 e. The first-order chi connectivity index (χ1) is 35.0. The number of fused-ring (bicyclic) bond motifs is 3. The molecule has 74 heavy (non-hydrogen) atoms. The Morgan fingerprint density at radius 2 is 1.59 bits per heavy atom. The fourth-order valence-electron chi connectivity index (χ4n) is 10.9. The van der Waals surface area contributed by atoms with Gasteiger partial charge in [0.25, 0.3) is 11.7 Å². The molecule has 3 fully saturated rings. The number of hydrogen-bond acceptors (Lipinski definition) is 16. The fourth-order valence-corrected chi connectivity index (χ4v) is 12.1. The lowest BCUT2D eigenvalue weighted by molar-refractivity contribution is -0.265. The molecule has 2 N–H and O–H groups in total. The number of nitrogens with zero attached hydrogens (tertiary/aromatic N) is 1. The number of carbonyl (C=O) groups excluding carboxylic acids is 5. The molecule has 1 saturated carbocycles. The van der Waals surface area contributed by atoms with Crippen LogP contribution in [0.15, 0.2) is 47.6 Å². The average Bonchev–Trinajstić information content (AvgIpc) is 3.36. The number of amides is 1. The third kappa shape index (κ3) is 17.9. The molecule has 0 spiro atoms. The van der Waals surface area contributed by atoms with E-state index in [1.807, 2.05) is 65.0 Å². The lowest BCUT2D eigenvalue weighted by Crippen LogP contribution is -2.61. The van der Waals surface area contributed by atoms with Crippen molar-refractivity contribution in [2.45, 2.75) is 187 Å². The van der Waals surface area contributed by atoms with Crippen molar-refractivity contribution in [3.8, 4) is 0 Å². The van der Waals surface area contributed by atoms with Crippen LogP contribution in [0.3, 0.4) is 0 Å². The van der Waals surface area contributed by atoms with Crippen LogP contribution in [0.5, 0.6) is 0 Å². The van der Waals surface area contributed by atoms with Crippen molar-refractivity contribution >= 4 is 36.8 Å². The molecule has 2 bridgehead atoms. The van der Waals surface area contributed by atoms with E-state index in [1.54, 1.807) is 41.1 Å². The van der Waals surface area contributed by atoms with Gasteiger partial charge in [0, 0.05) is 71.7 Å². The number of aliphatic hydroxyl groups is 2. The molecule has 0 radical (unpaired) electrons. The molecule has 420 valence electrons. The second-order valence-corrected chi connectivity index (χ2v) is 23.5. The maximum atomic E-state index is 14.6. The molecule has 1 amide bonds. The summed E-state index contributed by atoms with van der Waals surface area (Å²) in [7, 11) is 1.08. The fraction of sp³-hybridized carbons (Fsp3) is 0.768. The van der Waals surface area contributed by atoms with Crippen LogP contribution in [0.4, 0.5) is 0 Å². The van der Waals surface area contributed by atoms with E-state index < -0.39 is 103 Å². The predicted octanol–water partition coefficient (Wildman–Crippen LogP) is 8.08. The first kappa shape index (κ1) is 63.3. The number of piperidine rings is 1. The van der Waals surface area contributed by atoms with Crippen molar-refractivity contribution in [1.82, 2.24) is 4.90 Å². The number of rotatable bonds is 13. The van der Waals surface area contributed by atoms with E-state index >= 15 is 0 Å². The van der Waals surface area contributed by atoms with Gasteiger partial charge >= 0.3 is 13.6 Å². The minimum atomic E-state index is -3.44. The second-order valence-electron chi connectivity index (χ2n) is 21.5. The molecule has 0 aromatic heterocycles. The monoisotopic (exact) mass is 1060 g/mol. The molecule has 3 unspecified atom stereocenters. The molecule has 4 aliphatic rings. The molecule has 1 aliphatic carbocycles. The number of ketones is 3. The number of hydrogen-bond donors (Lipinski definition) is 2. The molecule has 0 aromatic rings. The zero-order chi connectivity index (χ0) is 54.9. The topological polar surface area (TPSA) is 220 Å². The number of carbonyl (C=O) groups is 5. The lowest BCUT2D eigenvalue weighted by atomic mass is 9.78. The van der Waals surface area contributed by atoms with Gasteiger partial charge in [-0.2, -0.15) is 0 Å². The van der Waals surface area contributed by atoms with Crippen molar-refractivity contribution < 1.29 is 76.2 Å². The third-order valence-corrected chi connectivity index (χ3v) is 16.8. The van der Waals surface area contributed by atoms with Crippen LogP contribution >= 0.6 is 7.60 Å². The van der Waals surface area contributed by atoms with Crippen molar-refractivity contribution in [1.29, 1.82) is 0 Å². The van der Waals surface area contributed by atoms with Gasteiger partial charge in [-0.1, -0.05) is 71.1 Å². The maximum Gasteiger partial charge on any atom is 0.329 e. The van der Waals surface area contributed by atoms with Gasteiger partial charge in [-0.15, -0.1) is 0 Å². The number of aliphatic hydroxyl groups excluding tert-OH is 1. The van der Waals surface area contributed by atoms with Gasteiger partial charge in [-0.3, -0.25) is 23.7 Å². The summed E-state index contributed by atoms with van der Waals surface area (Å²) in [4.78, 5) is 72.6. The summed E-state index contributed by atoms with van der Waals surface area (Å²) in [5, 5.41) is 23.6. The zero-order valence-corrected chi connectivity index (χ0v) is 47.3. The zero-order valence-electron chi connectivity index (χ0n) is 46.4. The van der Waals surface area contributed by atoms with Gasteiger partial charge in [0.2, 0.25) is 5.79 Å². The van der Waals surface area contributed by atoms with Crippen LogP contribution in [-0.4, -0.2) is 153 Å². The molecule has 3 aliphatic heterocycles. The van der Waals surface area contributed by atoms with Gasteiger partial charge < -0.3 is 52.6 Å². The van der Waals surface area contributed by atoms with Crippen LogP contribution in [0.1, 0.15) is 132 Å². The molecule has 0 aromatic carbocycles. The highest BCUT2D eigenvalue weighted by atomic mass is 31.2. The number of cyclic esters (lactones) is 1. The largest absolute Gasteiger partial charge is 0.460 e. The molecule has 2 saturated heterocycles. The highest BCUT2D eigenvalue weighted by Crippen LogP contribution is 2.48. The highest BCUT2D eigenvalue weighted by Gasteiger charge is 2.53. The lowest BCUT2D eigenvalue weighted by Gasteiger charge is -2.42. The van der Waals surface area contributed by atoms with Gasteiger partial charge in [0.05, 0.1) is 37.6 Å². The standard InChI is InChI=1S/C56H90NO16P/c1-13-69-27-28-70-74(12,65)73-46-25-23-42(32-49(46)67-10)31-38(5)48-34-45(58)37(4)30-40(7)51(60)52(68-11)50(59)39(6)29-35(2)19-15-14-16-20-36(3)47(66-9)33-43-24-22-41(8)56(64,72-43)53(61)54(62)57-26-18-17-21-44(57)55(63)71-48/h14-16,19-20,30,35,37-39,41-44,46-49,51-52,60,64H,13,17-18,21-29,31-34H2,1-12H3/b16-14+,19-15+,36-20+,40-30+/t35-,37-,38-,39-,41-,42+,43+,44?,46-,47+,48+,49-,51-,52+,56?,74?/m1/s1. The SMILES string of the molecule is CCOCCOP(C)(=O)O[C@@H]1CC[C@@H](C[C@@H](C)[C@@H]2CC(=O)[C@H](C)/C=C(\C)[C@@H](O)[C@@H](OC)C(=O)[C@H](C)C[C@H](C)/C=C/C=C/C=C(\C)[C@@H](OC)C[C@@H]3CC[C@@H](C)C(O)(O3)C(=O)C(=O)N3CCCCC3C(=O)O2)C[C@H]1OC. The molecule has 3 heterocycles. The van der Waals surface area contributed by atoms with Gasteiger partial charge in [-0.05, 0) is 114 Å². The van der Waals surface area contributed by atoms with Crippen LogP contribution in [-0.2, 0) is 66.0 Å². The molecular formula is C56H90NO16P. The Bertz CT molecular complexity index is 2040. The number of esters is 1. The number of Topliss-reactive ketones (excluding diaryl/α,β-unsaturated/α-hetero) is 3. The molecular weight excluding hydrogens is 974 g/mol. The average molecular weight is 1060 g/mol. The molecule has 18 heteroatoms. The van der Waals surface area contributed by atoms with E-state index in [-0.39, 0.29) is 56.0 Å². The van der Waals surface area contributed by atoms with Crippen LogP contribution in [0.25, 0.3) is 0 Å². The highest BCUT2D eigenvalue weighted by molar-refractivity contribution is 7.53. The summed E-state index contributed by atoms with van der Waals surface area (Å²) in [6, 6.07) is -1.18. The van der Waals surface area contributed by atoms with Gasteiger partial charge in [-0.25, -0.2) is 4.79 Å². The smallest absolute Gasteiger partial charge is 0.329 e. The van der Waals surface area contributed by atoms with Crippen molar-refractivity contribution in [2.24, 2.45) is 35.5 Å². The van der Waals surface area contributed by atoms with Crippen LogP contribution < -0.4 is 0 Å². The van der Waals surface area contributed by atoms with E-state index in [0.717, 1.165) is 5.57 Å². The van der Waals surface area contributed by atoms with Gasteiger partial charge in [0.1, 0.15) is 30.1 Å². The summed E-state index contributed by atoms with van der Waals surface area (Å²) in [6.45, 7) is 16.9. The van der Waals surface area contributed by atoms with E-state index in [9.17, 15) is 38.8 Å². The summed E-state index contributed by atoms with van der Waals surface area (Å²) in [5.74, 6) is -8.35. The Hall–Kier alpha value is -3.22. The van der Waals surface area contributed by atoms with Gasteiger partial charge in [0.15, 0.2) is 5.78 Å². The van der Waals surface area contributed by atoms with E-state index in [1.165, 1.54) is 18.7 Å². The summed E-state index contributed by atoms with van der Waals surface area (Å²) in [6.07, 6.45) is 10.6. The minimum absolute atomic E-state index is 0.00261. The Labute approximate surface area is 441 Å². The van der Waals surface area contributed by atoms with Crippen LogP contribution in [0.2, 0.25) is 0 Å². The normalized spacial score (nSPS) is 37.8.